The summed E-state index contributed by atoms with van der Waals surface area (Å²) < 4.78 is 27.5. The third kappa shape index (κ3) is 4.44. The number of likely N-dealkylation sites (tertiary alicyclic amines) is 1. The Labute approximate surface area is 191 Å². The fourth-order valence-corrected chi connectivity index (χ4v) is 4.95. The molecular weight excluding hydrogens is 430 g/mol. The van der Waals surface area contributed by atoms with Gasteiger partial charge >= 0.3 is 12.1 Å². The zero-order chi connectivity index (χ0) is 23.9. The van der Waals surface area contributed by atoms with E-state index in [1.807, 2.05) is 25.7 Å². The lowest BCUT2D eigenvalue weighted by molar-refractivity contribution is 0.0982. The summed E-state index contributed by atoms with van der Waals surface area (Å²) in [7, 11) is 0. The van der Waals surface area contributed by atoms with Crippen LogP contribution in [0, 0.1) is 17.0 Å². The van der Waals surface area contributed by atoms with Crippen molar-refractivity contribution in [3.8, 4) is 0 Å². The molecule has 33 heavy (non-hydrogen) atoms. The van der Waals surface area contributed by atoms with E-state index in [9.17, 15) is 23.5 Å². The van der Waals surface area contributed by atoms with Crippen LogP contribution in [0.2, 0.25) is 0 Å². The number of rotatable bonds is 2. The molecule has 3 amide bonds. The lowest BCUT2D eigenvalue weighted by atomic mass is 9.83. The number of nitrogens with zero attached hydrogens (tertiary/aromatic N) is 3. The molecule has 176 valence electrons. The van der Waals surface area contributed by atoms with E-state index >= 15 is 0 Å². The van der Waals surface area contributed by atoms with Crippen molar-refractivity contribution in [1.29, 1.82) is 0 Å². The first-order valence-electron chi connectivity index (χ1n) is 11.0. The number of hydrogen-bond acceptors (Lipinski definition) is 3. The Bertz CT molecular complexity index is 1050. The minimum absolute atomic E-state index is 0.331. The molecule has 2 aromatic carbocycles. The minimum Gasteiger partial charge on any atom is -0.465 e. The molecule has 9 heteroatoms. The zero-order valence-corrected chi connectivity index (χ0v) is 18.9. The van der Waals surface area contributed by atoms with E-state index in [2.05, 4.69) is 5.32 Å². The number of benzene rings is 2. The summed E-state index contributed by atoms with van der Waals surface area (Å²) in [5.41, 5.74) is 1.37. The molecule has 2 heterocycles. The van der Waals surface area contributed by atoms with Gasteiger partial charge in [0.25, 0.3) is 0 Å². The molecule has 2 atom stereocenters. The van der Waals surface area contributed by atoms with Crippen LogP contribution in [-0.4, -0.2) is 53.8 Å². The SMILES string of the molecule is CC(C)(C)C1C(NC(=O)N2CCN(c3ccc(F)cc3)c3cc(F)ccc32)CCN1C(=O)O. The molecule has 2 N–H and O–H groups in total. The molecule has 0 bridgehead atoms. The Morgan fingerprint density at radius 2 is 1.64 bits per heavy atom. The number of amides is 3. The molecule has 0 aromatic heterocycles. The van der Waals surface area contributed by atoms with Crippen molar-refractivity contribution in [3.63, 3.8) is 0 Å². The number of carbonyl (C=O) groups excluding carboxylic acids is 1. The van der Waals surface area contributed by atoms with Crippen LogP contribution in [0.1, 0.15) is 27.2 Å². The lowest BCUT2D eigenvalue weighted by Crippen LogP contribution is -2.56. The number of halogens is 2. The van der Waals surface area contributed by atoms with E-state index in [-0.39, 0.29) is 29.3 Å². The standard InChI is InChI=1S/C24H28F2N4O3/c1-24(2,3)21-18(10-11-30(21)23(32)33)27-22(31)29-13-12-28(17-7-4-15(25)5-8-17)20-14-16(26)6-9-19(20)29/h4-9,14,18,21H,10-13H2,1-3H3,(H,27,31)(H,32,33). The fraction of sp³-hybridized carbons (Fsp3) is 0.417. The van der Waals surface area contributed by atoms with Gasteiger partial charge in [-0.15, -0.1) is 0 Å². The maximum atomic E-state index is 14.1. The molecule has 4 rings (SSSR count). The lowest BCUT2D eigenvalue weighted by Gasteiger charge is -2.40. The summed E-state index contributed by atoms with van der Waals surface area (Å²) in [4.78, 5) is 29.8. The highest BCUT2D eigenvalue weighted by Gasteiger charge is 2.45. The Hall–Kier alpha value is -3.36. The van der Waals surface area contributed by atoms with Crippen molar-refractivity contribution in [1.82, 2.24) is 10.2 Å². The smallest absolute Gasteiger partial charge is 0.407 e. The molecule has 0 spiro atoms. The second-order valence-corrected chi connectivity index (χ2v) is 9.54. The molecule has 2 unspecified atom stereocenters. The quantitative estimate of drug-likeness (QED) is 0.678. The van der Waals surface area contributed by atoms with Crippen LogP contribution in [0.3, 0.4) is 0 Å². The minimum atomic E-state index is -1.000. The van der Waals surface area contributed by atoms with Gasteiger partial charge in [-0.05, 0) is 54.3 Å². The number of anilines is 3. The van der Waals surface area contributed by atoms with Crippen LogP contribution >= 0.6 is 0 Å². The second kappa shape index (κ2) is 8.53. The van der Waals surface area contributed by atoms with Crippen LogP contribution in [-0.2, 0) is 0 Å². The van der Waals surface area contributed by atoms with Crippen LogP contribution in [0.5, 0.6) is 0 Å². The molecule has 2 aromatic rings. The zero-order valence-electron chi connectivity index (χ0n) is 18.9. The largest absolute Gasteiger partial charge is 0.465 e. The van der Waals surface area contributed by atoms with Gasteiger partial charge in [-0.1, -0.05) is 20.8 Å². The molecule has 0 aliphatic carbocycles. The van der Waals surface area contributed by atoms with Crippen LogP contribution < -0.4 is 15.1 Å². The molecule has 0 saturated carbocycles. The molecule has 1 fully saturated rings. The van der Waals surface area contributed by atoms with E-state index in [0.29, 0.717) is 43.1 Å². The predicted molar refractivity (Wildman–Crippen MR) is 122 cm³/mol. The van der Waals surface area contributed by atoms with Gasteiger partial charge in [0.15, 0.2) is 0 Å². The van der Waals surface area contributed by atoms with E-state index in [4.69, 9.17) is 0 Å². The van der Waals surface area contributed by atoms with Gasteiger partial charge in [-0.3, -0.25) is 4.90 Å². The number of hydrogen-bond donors (Lipinski definition) is 2. The third-order valence-electron chi connectivity index (χ3n) is 6.29. The van der Waals surface area contributed by atoms with Crippen molar-refractivity contribution in [3.05, 3.63) is 54.1 Å². The highest BCUT2D eigenvalue weighted by molar-refractivity contribution is 5.98. The molecule has 2 aliphatic heterocycles. The number of urea groups is 1. The molecule has 7 nitrogen and oxygen atoms in total. The van der Waals surface area contributed by atoms with Crippen LogP contribution in [0.15, 0.2) is 42.5 Å². The number of nitrogens with one attached hydrogen (secondary N) is 1. The maximum Gasteiger partial charge on any atom is 0.407 e. The Kier molecular flexibility index (Phi) is 5.90. The van der Waals surface area contributed by atoms with Gasteiger partial charge in [0.1, 0.15) is 11.6 Å². The normalized spacial score (nSPS) is 20.6. The van der Waals surface area contributed by atoms with Crippen LogP contribution in [0.4, 0.5) is 35.4 Å². The summed E-state index contributed by atoms with van der Waals surface area (Å²) in [5, 5.41) is 12.6. The summed E-state index contributed by atoms with van der Waals surface area (Å²) in [6.45, 7) is 6.94. The summed E-state index contributed by atoms with van der Waals surface area (Å²) in [6, 6.07) is 9.07. The highest BCUT2D eigenvalue weighted by atomic mass is 19.1. The van der Waals surface area contributed by atoms with Gasteiger partial charge in [-0.2, -0.15) is 0 Å². The van der Waals surface area contributed by atoms with Crippen molar-refractivity contribution in [2.45, 2.75) is 39.3 Å². The Balaban J connectivity index is 1.60. The Morgan fingerprint density at radius 3 is 2.27 bits per heavy atom. The average Bonchev–Trinajstić information content (AvgIpc) is 3.18. The van der Waals surface area contributed by atoms with E-state index in [0.717, 1.165) is 0 Å². The maximum absolute atomic E-state index is 14.1. The van der Waals surface area contributed by atoms with Crippen molar-refractivity contribution in [2.75, 3.05) is 29.4 Å². The van der Waals surface area contributed by atoms with Gasteiger partial charge in [0.2, 0.25) is 0 Å². The van der Waals surface area contributed by atoms with Gasteiger partial charge < -0.3 is 20.2 Å². The van der Waals surface area contributed by atoms with Gasteiger partial charge in [0.05, 0.1) is 23.5 Å². The Morgan fingerprint density at radius 1 is 0.970 bits per heavy atom. The summed E-state index contributed by atoms with van der Waals surface area (Å²) in [5.74, 6) is -0.805. The molecule has 2 aliphatic rings. The summed E-state index contributed by atoms with van der Waals surface area (Å²) >= 11 is 0. The van der Waals surface area contributed by atoms with Gasteiger partial charge in [-0.25, -0.2) is 18.4 Å². The van der Waals surface area contributed by atoms with E-state index in [1.54, 1.807) is 23.1 Å². The van der Waals surface area contributed by atoms with Crippen molar-refractivity contribution in [2.24, 2.45) is 5.41 Å². The first-order valence-corrected chi connectivity index (χ1v) is 11.0. The monoisotopic (exact) mass is 458 g/mol. The number of carbonyl (C=O) groups is 2. The topological polar surface area (TPSA) is 76.1 Å². The third-order valence-corrected chi connectivity index (χ3v) is 6.29. The van der Waals surface area contributed by atoms with Crippen LogP contribution in [0.25, 0.3) is 0 Å². The fourth-order valence-electron chi connectivity index (χ4n) is 4.95. The molecular formula is C24H28F2N4O3. The molecule has 1 saturated heterocycles. The average molecular weight is 459 g/mol. The van der Waals surface area contributed by atoms with Crippen molar-refractivity contribution >= 4 is 29.2 Å². The first kappa shape index (κ1) is 22.8. The summed E-state index contributed by atoms with van der Waals surface area (Å²) in [6.07, 6.45) is -0.480. The highest BCUT2D eigenvalue weighted by Crippen LogP contribution is 2.39. The van der Waals surface area contributed by atoms with Gasteiger partial charge in [0, 0.05) is 25.3 Å². The van der Waals surface area contributed by atoms with Crippen molar-refractivity contribution < 1.29 is 23.5 Å². The number of fused-ring (bicyclic) bond motifs is 1. The first-order chi connectivity index (χ1) is 15.6. The van der Waals surface area contributed by atoms with E-state index in [1.165, 1.54) is 29.2 Å². The predicted octanol–water partition coefficient (Wildman–Crippen LogP) is 4.80. The van der Waals surface area contributed by atoms with E-state index < -0.39 is 11.9 Å². The molecule has 0 radical (unpaired) electrons. The number of carboxylic acid groups (broad SMARTS) is 1. The second-order valence-electron chi connectivity index (χ2n) is 9.54.